The minimum absolute atomic E-state index is 0.0236. The lowest BCUT2D eigenvalue weighted by Gasteiger charge is -2.22. The van der Waals surface area contributed by atoms with Gasteiger partial charge in [0.25, 0.3) is 0 Å². The molecule has 1 aromatic carbocycles. The van der Waals surface area contributed by atoms with E-state index in [4.69, 9.17) is 17.3 Å². The van der Waals surface area contributed by atoms with Gasteiger partial charge >= 0.3 is 0 Å². The minimum atomic E-state index is -0.225. The zero-order chi connectivity index (χ0) is 18.8. The van der Waals surface area contributed by atoms with E-state index in [-0.39, 0.29) is 23.8 Å². The van der Waals surface area contributed by atoms with E-state index >= 15 is 0 Å². The number of halogens is 1. The Labute approximate surface area is 158 Å². The van der Waals surface area contributed by atoms with Crippen molar-refractivity contribution < 1.29 is 4.79 Å². The van der Waals surface area contributed by atoms with Gasteiger partial charge in [-0.25, -0.2) is 4.98 Å². The second-order valence-electron chi connectivity index (χ2n) is 7.17. The number of aromatic nitrogens is 2. The van der Waals surface area contributed by atoms with Gasteiger partial charge in [-0.3, -0.25) is 4.79 Å². The van der Waals surface area contributed by atoms with Crippen LogP contribution in [-0.4, -0.2) is 22.9 Å². The summed E-state index contributed by atoms with van der Waals surface area (Å²) in [5.41, 5.74) is 9.28. The Balaban J connectivity index is 2.12. The summed E-state index contributed by atoms with van der Waals surface area (Å²) in [5, 5.41) is 6.63. The van der Waals surface area contributed by atoms with E-state index in [0.29, 0.717) is 22.4 Å². The van der Waals surface area contributed by atoms with E-state index in [1.807, 2.05) is 25.2 Å². The van der Waals surface area contributed by atoms with Crippen molar-refractivity contribution in [2.24, 2.45) is 17.6 Å². The van der Waals surface area contributed by atoms with Gasteiger partial charge in [0, 0.05) is 24.2 Å². The number of benzene rings is 1. The summed E-state index contributed by atoms with van der Waals surface area (Å²) in [4.78, 5) is 20.7. The van der Waals surface area contributed by atoms with Gasteiger partial charge in [-0.1, -0.05) is 31.9 Å². The Morgan fingerprint density at radius 2 is 2.12 bits per heavy atom. The highest BCUT2D eigenvalue weighted by Crippen LogP contribution is 2.36. The van der Waals surface area contributed by atoms with Crippen LogP contribution in [0.25, 0.3) is 11.3 Å². The number of H-pyrrole nitrogens is 1. The third-order valence-corrected chi connectivity index (χ3v) is 5.30. The quantitative estimate of drug-likeness (QED) is 0.633. The zero-order valence-electron chi connectivity index (χ0n) is 15.4. The molecule has 140 valence electrons. The van der Waals surface area contributed by atoms with E-state index in [9.17, 15) is 4.79 Å². The number of nitrogens with one attached hydrogen (secondary N) is 3. The molecule has 2 unspecified atom stereocenters. The standard InChI is InChI=1S/C19H26ClN5O/c1-10(2)12-5-4-6-14(21)18-24-16(17(20)25-18)13-8-7-11(22-3)9-15(13)23-19(12)26/h7-10,12,14,22H,4-6,21H2,1-3H3,(H,23,26)(H,24,25). The van der Waals surface area contributed by atoms with Crippen molar-refractivity contribution >= 4 is 28.9 Å². The molecule has 2 atom stereocenters. The number of amides is 1. The summed E-state index contributed by atoms with van der Waals surface area (Å²) in [7, 11) is 1.84. The van der Waals surface area contributed by atoms with Crippen LogP contribution >= 0.6 is 11.6 Å². The van der Waals surface area contributed by atoms with Crippen LogP contribution in [0.4, 0.5) is 11.4 Å². The fraction of sp³-hybridized carbons (Fsp3) is 0.474. The van der Waals surface area contributed by atoms with Gasteiger partial charge in [-0.2, -0.15) is 0 Å². The molecule has 0 fully saturated rings. The molecule has 2 bridgehead atoms. The smallest absolute Gasteiger partial charge is 0.227 e. The van der Waals surface area contributed by atoms with Crippen molar-refractivity contribution in [1.29, 1.82) is 0 Å². The molecular formula is C19H26ClN5O. The maximum atomic E-state index is 12.9. The monoisotopic (exact) mass is 375 g/mol. The van der Waals surface area contributed by atoms with E-state index in [0.717, 1.165) is 30.5 Å². The molecule has 1 aliphatic heterocycles. The van der Waals surface area contributed by atoms with Gasteiger partial charge in [0.2, 0.25) is 5.91 Å². The number of carbonyl (C=O) groups excluding carboxylic acids is 1. The first-order valence-corrected chi connectivity index (χ1v) is 9.42. The van der Waals surface area contributed by atoms with Gasteiger partial charge in [-0.15, -0.1) is 0 Å². The third-order valence-electron chi connectivity index (χ3n) is 5.02. The lowest BCUT2D eigenvalue weighted by Crippen LogP contribution is -2.27. The van der Waals surface area contributed by atoms with Crippen LogP contribution in [0.15, 0.2) is 18.2 Å². The summed E-state index contributed by atoms with van der Waals surface area (Å²) >= 11 is 6.40. The van der Waals surface area contributed by atoms with Crippen molar-refractivity contribution in [3.05, 3.63) is 29.2 Å². The predicted octanol–water partition coefficient (Wildman–Crippen LogP) is 4.17. The number of rotatable bonds is 2. The maximum absolute atomic E-state index is 12.9. The first kappa shape index (κ1) is 18.7. The molecule has 0 saturated carbocycles. The summed E-state index contributed by atoms with van der Waals surface area (Å²) < 4.78 is 0. The highest BCUT2D eigenvalue weighted by molar-refractivity contribution is 6.32. The van der Waals surface area contributed by atoms with Gasteiger partial charge in [0.1, 0.15) is 16.7 Å². The highest BCUT2D eigenvalue weighted by Gasteiger charge is 2.26. The Bertz CT molecular complexity index is 801. The molecule has 5 N–H and O–H groups in total. The Hall–Kier alpha value is -2.05. The Morgan fingerprint density at radius 3 is 2.81 bits per heavy atom. The lowest BCUT2D eigenvalue weighted by molar-refractivity contribution is -0.121. The fourth-order valence-electron chi connectivity index (χ4n) is 3.42. The average molecular weight is 376 g/mol. The van der Waals surface area contributed by atoms with Crippen LogP contribution in [0.2, 0.25) is 5.15 Å². The Kier molecular flexibility index (Phi) is 5.53. The molecule has 6 nitrogen and oxygen atoms in total. The van der Waals surface area contributed by atoms with Crippen LogP contribution in [-0.2, 0) is 4.79 Å². The van der Waals surface area contributed by atoms with Crippen LogP contribution in [0.5, 0.6) is 0 Å². The summed E-state index contributed by atoms with van der Waals surface area (Å²) in [5.74, 6) is 0.891. The molecule has 1 amide bonds. The van der Waals surface area contributed by atoms with Crippen molar-refractivity contribution in [2.75, 3.05) is 17.7 Å². The summed E-state index contributed by atoms with van der Waals surface area (Å²) in [6.45, 7) is 4.16. The molecule has 7 heteroatoms. The molecule has 0 radical (unpaired) electrons. The number of hydrogen-bond acceptors (Lipinski definition) is 4. The van der Waals surface area contributed by atoms with Crippen molar-refractivity contribution in [3.8, 4) is 11.3 Å². The average Bonchev–Trinajstić information content (AvgIpc) is 2.99. The number of fused-ring (bicyclic) bond motifs is 4. The molecule has 26 heavy (non-hydrogen) atoms. The molecule has 0 spiro atoms. The normalized spacial score (nSPS) is 20.8. The molecule has 3 rings (SSSR count). The minimum Gasteiger partial charge on any atom is -0.388 e. The number of carbonyl (C=O) groups is 1. The third kappa shape index (κ3) is 3.71. The number of anilines is 2. The maximum Gasteiger partial charge on any atom is 0.227 e. The van der Waals surface area contributed by atoms with E-state index < -0.39 is 0 Å². The second-order valence-corrected chi connectivity index (χ2v) is 7.55. The van der Waals surface area contributed by atoms with Crippen molar-refractivity contribution in [1.82, 2.24) is 9.97 Å². The van der Waals surface area contributed by atoms with Crippen molar-refractivity contribution in [2.45, 2.75) is 39.2 Å². The van der Waals surface area contributed by atoms with Crippen LogP contribution in [0.3, 0.4) is 0 Å². The number of aromatic amines is 1. The number of hydrogen-bond donors (Lipinski definition) is 4. The summed E-state index contributed by atoms with van der Waals surface area (Å²) in [6, 6.07) is 5.52. The first-order valence-electron chi connectivity index (χ1n) is 9.04. The lowest BCUT2D eigenvalue weighted by atomic mass is 9.88. The topological polar surface area (TPSA) is 95.8 Å². The van der Waals surface area contributed by atoms with Gasteiger partial charge in [0.05, 0.1) is 11.7 Å². The Morgan fingerprint density at radius 1 is 1.35 bits per heavy atom. The van der Waals surface area contributed by atoms with Gasteiger partial charge in [0.15, 0.2) is 0 Å². The summed E-state index contributed by atoms with van der Waals surface area (Å²) in [6.07, 6.45) is 2.40. The molecule has 0 aliphatic carbocycles. The van der Waals surface area contributed by atoms with Gasteiger partial charge < -0.3 is 21.4 Å². The number of nitrogens with two attached hydrogens (primary N) is 1. The second kappa shape index (κ2) is 7.68. The van der Waals surface area contributed by atoms with E-state index in [1.165, 1.54) is 0 Å². The van der Waals surface area contributed by atoms with E-state index in [2.05, 4.69) is 34.4 Å². The van der Waals surface area contributed by atoms with Crippen molar-refractivity contribution in [3.63, 3.8) is 0 Å². The predicted molar refractivity (Wildman–Crippen MR) is 106 cm³/mol. The highest BCUT2D eigenvalue weighted by atomic mass is 35.5. The molecular weight excluding hydrogens is 350 g/mol. The molecule has 1 aliphatic rings. The largest absolute Gasteiger partial charge is 0.388 e. The van der Waals surface area contributed by atoms with Gasteiger partial charge in [-0.05, 0) is 37.0 Å². The zero-order valence-corrected chi connectivity index (χ0v) is 16.2. The number of nitrogens with zero attached hydrogens (tertiary/aromatic N) is 1. The first-order chi connectivity index (χ1) is 12.4. The molecule has 0 saturated heterocycles. The SMILES string of the molecule is CNc1ccc2c(c1)NC(=O)C(C(C)C)CCCC(N)c1nc-2c(Cl)[nH]1. The van der Waals surface area contributed by atoms with Crippen LogP contribution < -0.4 is 16.4 Å². The van der Waals surface area contributed by atoms with Crippen LogP contribution in [0, 0.1) is 11.8 Å². The molecule has 1 aromatic heterocycles. The molecule has 2 heterocycles. The number of imidazole rings is 1. The fourth-order valence-corrected chi connectivity index (χ4v) is 3.66. The van der Waals surface area contributed by atoms with Crippen LogP contribution in [0.1, 0.15) is 45.0 Å². The molecule has 2 aromatic rings. The van der Waals surface area contributed by atoms with E-state index in [1.54, 1.807) is 0 Å².